The summed E-state index contributed by atoms with van der Waals surface area (Å²) in [6.45, 7) is 1.02. The van der Waals surface area contributed by atoms with Crippen LogP contribution in [0.5, 0.6) is 11.5 Å². The predicted molar refractivity (Wildman–Crippen MR) is 126 cm³/mol. The summed E-state index contributed by atoms with van der Waals surface area (Å²) in [6.07, 6.45) is 3.94. The molecule has 1 aliphatic carbocycles. The van der Waals surface area contributed by atoms with E-state index in [1.165, 1.54) is 17.7 Å². The molecule has 5 nitrogen and oxygen atoms in total. The van der Waals surface area contributed by atoms with Crippen LogP contribution in [0.3, 0.4) is 0 Å². The molecule has 2 fully saturated rings. The van der Waals surface area contributed by atoms with Crippen molar-refractivity contribution in [3.05, 3.63) is 53.6 Å². The number of nitrogens with one attached hydrogen (secondary N) is 2. The van der Waals surface area contributed by atoms with E-state index in [2.05, 4.69) is 34.7 Å². The molecule has 8 heteroatoms. The Hall–Kier alpha value is -2.45. The number of likely N-dealkylation sites (N-methyl/N-ethyl adjacent to an activating group) is 1. The molecule has 2 aliphatic rings. The Balaban J connectivity index is 1.48. The summed E-state index contributed by atoms with van der Waals surface area (Å²) >= 11 is 5.41. The smallest absolute Gasteiger partial charge is 0.171 e. The quantitative estimate of drug-likeness (QED) is 0.641. The van der Waals surface area contributed by atoms with Crippen molar-refractivity contribution < 1.29 is 18.3 Å². The predicted octanol–water partition coefficient (Wildman–Crippen LogP) is 4.46. The molecule has 1 heterocycles. The molecule has 2 aromatic rings. The SMILES string of the molecule is COc1ccc([C@@]23CC[C@H](NC(=S)Nc4ccc(F)cc4F)C[C@H]2N(C)CC3)cc1OC. The van der Waals surface area contributed by atoms with Gasteiger partial charge in [-0.15, -0.1) is 0 Å². The number of benzene rings is 2. The lowest BCUT2D eigenvalue weighted by Crippen LogP contribution is -2.52. The topological polar surface area (TPSA) is 45.8 Å². The van der Waals surface area contributed by atoms with E-state index in [1.54, 1.807) is 14.2 Å². The first-order valence-electron chi connectivity index (χ1n) is 10.8. The molecular formula is C24H29F2N3O2S. The Labute approximate surface area is 193 Å². The lowest BCUT2D eigenvalue weighted by Gasteiger charge is -2.45. The molecule has 0 bridgehead atoms. The largest absolute Gasteiger partial charge is 0.493 e. The Kier molecular flexibility index (Phi) is 6.53. The fourth-order valence-electron chi connectivity index (χ4n) is 5.33. The zero-order valence-electron chi connectivity index (χ0n) is 18.6. The monoisotopic (exact) mass is 461 g/mol. The van der Waals surface area contributed by atoms with Crippen LogP contribution in [-0.4, -0.2) is 49.9 Å². The first-order chi connectivity index (χ1) is 15.4. The van der Waals surface area contributed by atoms with Crippen molar-refractivity contribution in [1.29, 1.82) is 0 Å². The van der Waals surface area contributed by atoms with Gasteiger partial charge in [-0.2, -0.15) is 0 Å². The van der Waals surface area contributed by atoms with Crippen LogP contribution in [-0.2, 0) is 5.41 Å². The molecule has 4 rings (SSSR count). The van der Waals surface area contributed by atoms with E-state index >= 15 is 0 Å². The highest BCUT2D eigenvalue weighted by Crippen LogP contribution is 2.49. The lowest BCUT2D eigenvalue weighted by molar-refractivity contribution is 0.161. The van der Waals surface area contributed by atoms with E-state index in [0.29, 0.717) is 11.2 Å². The van der Waals surface area contributed by atoms with Crippen LogP contribution in [0.4, 0.5) is 14.5 Å². The number of halogens is 2. The molecule has 32 heavy (non-hydrogen) atoms. The van der Waals surface area contributed by atoms with E-state index in [0.717, 1.165) is 49.8 Å². The number of likely N-dealkylation sites (tertiary alicyclic amines) is 1. The zero-order valence-corrected chi connectivity index (χ0v) is 19.4. The van der Waals surface area contributed by atoms with Crippen LogP contribution in [0.2, 0.25) is 0 Å². The summed E-state index contributed by atoms with van der Waals surface area (Å²) in [6, 6.07) is 10.2. The number of thiocarbonyl (C=S) groups is 1. The molecule has 2 aromatic carbocycles. The molecule has 0 amide bonds. The summed E-state index contributed by atoms with van der Waals surface area (Å²) in [5, 5.41) is 6.55. The van der Waals surface area contributed by atoms with Gasteiger partial charge in [0, 0.05) is 23.6 Å². The minimum absolute atomic E-state index is 0.0462. The number of ether oxygens (including phenoxy) is 2. The van der Waals surface area contributed by atoms with Gasteiger partial charge < -0.3 is 25.0 Å². The zero-order chi connectivity index (χ0) is 22.9. The molecular weight excluding hydrogens is 432 g/mol. The maximum Gasteiger partial charge on any atom is 0.171 e. The van der Waals surface area contributed by atoms with E-state index in [-0.39, 0.29) is 17.1 Å². The average molecular weight is 462 g/mol. The van der Waals surface area contributed by atoms with Crippen molar-refractivity contribution in [3.8, 4) is 11.5 Å². The Morgan fingerprint density at radius 2 is 1.88 bits per heavy atom. The molecule has 1 aliphatic heterocycles. The van der Waals surface area contributed by atoms with E-state index < -0.39 is 11.6 Å². The third-order valence-electron chi connectivity index (χ3n) is 7.00. The number of hydrogen-bond donors (Lipinski definition) is 2. The van der Waals surface area contributed by atoms with Crippen LogP contribution < -0.4 is 20.1 Å². The molecule has 1 saturated carbocycles. The number of nitrogens with zero attached hydrogens (tertiary/aromatic N) is 1. The van der Waals surface area contributed by atoms with Gasteiger partial charge in [-0.05, 0) is 81.3 Å². The van der Waals surface area contributed by atoms with Crippen molar-refractivity contribution in [2.45, 2.75) is 43.2 Å². The fraction of sp³-hybridized carbons (Fsp3) is 0.458. The Morgan fingerprint density at radius 1 is 1.09 bits per heavy atom. The standard InChI is InChI=1S/C24H29F2N3O2S/c1-29-11-10-24(15-4-7-20(30-2)21(12-15)31-3)9-8-17(14-22(24)29)27-23(32)28-19-6-5-16(25)13-18(19)26/h4-7,12-13,17,22H,8-11,14H2,1-3H3,(H2,27,28,32)/t17-,22+,24-/m0/s1. The van der Waals surface area contributed by atoms with Gasteiger partial charge in [0.05, 0.1) is 19.9 Å². The second kappa shape index (κ2) is 9.19. The summed E-state index contributed by atoms with van der Waals surface area (Å²) < 4.78 is 38.1. The first kappa shape index (κ1) is 22.7. The third kappa shape index (κ3) is 4.26. The molecule has 0 radical (unpaired) electrons. The highest BCUT2D eigenvalue weighted by Gasteiger charge is 2.50. The van der Waals surface area contributed by atoms with E-state index in [1.807, 2.05) is 6.07 Å². The van der Waals surface area contributed by atoms with Crippen molar-refractivity contribution in [2.24, 2.45) is 0 Å². The van der Waals surface area contributed by atoms with Gasteiger partial charge in [-0.25, -0.2) is 8.78 Å². The van der Waals surface area contributed by atoms with Crippen LogP contribution in [0.1, 0.15) is 31.2 Å². The van der Waals surface area contributed by atoms with Gasteiger partial charge in [0.25, 0.3) is 0 Å². The maximum absolute atomic E-state index is 14.0. The van der Waals surface area contributed by atoms with E-state index in [4.69, 9.17) is 21.7 Å². The third-order valence-corrected chi connectivity index (χ3v) is 7.22. The van der Waals surface area contributed by atoms with Gasteiger partial charge in [-0.3, -0.25) is 0 Å². The lowest BCUT2D eigenvalue weighted by atomic mass is 9.65. The van der Waals surface area contributed by atoms with Gasteiger partial charge in [0.2, 0.25) is 0 Å². The normalized spacial score (nSPS) is 25.2. The Bertz CT molecular complexity index is 1010. The van der Waals surface area contributed by atoms with Crippen LogP contribution in [0, 0.1) is 11.6 Å². The Morgan fingerprint density at radius 3 is 2.59 bits per heavy atom. The number of anilines is 1. The van der Waals surface area contributed by atoms with Gasteiger partial charge in [-0.1, -0.05) is 6.07 Å². The van der Waals surface area contributed by atoms with Crippen molar-refractivity contribution in [1.82, 2.24) is 10.2 Å². The summed E-state index contributed by atoms with van der Waals surface area (Å²) in [5.41, 5.74) is 1.49. The summed E-state index contributed by atoms with van der Waals surface area (Å²) in [7, 11) is 5.48. The second-order valence-electron chi connectivity index (χ2n) is 8.67. The summed E-state index contributed by atoms with van der Waals surface area (Å²) in [4.78, 5) is 2.42. The van der Waals surface area contributed by atoms with Crippen molar-refractivity contribution >= 4 is 23.0 Å². The molecule has 0 unspecified atom stereocenters. The molecule has 0 aromatic heterocycles. The minimum Gasteiger partial charge on any atom is -0.493 e. The van der Waals surface area contributed by atoms with Crippen LogP contribution >= 0.6 is 12.2 Å². The molecule has 2 N–H and O–H groups in total. The second-order valence-corrected chi connectivity index (χ2v) is 9.07. The maximum atomic E-state index is 14.0. The summed E-state index contributed by atoms with van der Waals surface area (Å²) in [5.74, 6) is 0.200. The molecule has 3 atom stereocenters. The van der Waals surface area contributed by atoms with E-state index in [9.17, 15) is 8.78 Å². The van der Waals surface area contributed by atoms with Crippen molar-refractivity contribution in [2.75, 3.05) is 33.1 Å². The van der Waals surface area contributed by atoms with Crippen LogP contribution in [0.25, 0.3) is 0 Å². The minimum atomic E-state index is -0.666. The van der Waals surface area contributed by atoms with Gasteiger partial charge in [0.15, 0.2) is 16.6 Å². The fourth-order valence-corrected chi connectivity index (χ4v) is 5.61. The molecule has 172 valence electrons. The van der Waals surface area contributed by atoms with Gasteiger partial charge >= 0.3 is 0 Å². The molecule has 1 saturated heterocycles. The number of fused-ring (bicyclic) bond motifs is 1. The number of rotatable bonds is 5. The average Bonchev–Trinajstić information content (AvgIpc) is 3.12. The number of hydrogen-bond acceptors (Lipinski definition) is 4. The number of methoxy groups -OCH3 is 2. The van der Waals surface area contributed by atoms with Gasteiger partial charge in [0.1, 0.15) is 11.6 Å². The van der Waals surface area contributed by atoms with Crippen molar-refractivity contribution in [3.63, 3.8) is 0 Å². The highest BCUT2D eigenvalue weighted by atomic mass is 32.1. The molecule has 0 spiro atoms. The highest BCUT2D eigenvalue weighted by molar-refractivity contribution is 7.80. The van der Waals surface area contributed by atoms with Crippen LogP contribution in [0.15, 0.2) is 36.4 Å². The first-order valence-corrected chi connectivity index (χ1v) is 11.2.